The van der Waals surface area contributed by atoms with Gasteiger partial charge in [0.25, 0.3) is 0 Å². The predicted molar refractivity (Wildman–Crippen MR) is 64.9 cm³/mol. The molecule has 0 spiro atoms. The predicted octanol–water partition coefficient (Wildman–Crippen LogP) is 0.425. The van der Waals surface area contributed by atoms with Gasteiger partial charge in [-0.25, -0.2) is 14.6 Å². The molecular formula is C11H18N4O3. The van der Waals surface area contributed by atoms with E-state index in [1.807, 2.05) is 7.05 Å². The summed E-state index contributed by atoms with van der Waals surface area (Å²) in [6.07, 6.45) is 3.42. The lowest BCUT2D eigenvalue weighted by Gasteiger charge is -2.25. The van der Waals surface area contributed by atoms with E-state index in [0.29, 0.717) is 6.54 Å². The Hall–Kier alpha value is -2.05. The number of hydrogen-bond donors (Lipinski definition) is 2. The Balaban J connectivity index is 2.63. The molecule has 1 rings (SSSR count). The zero-order chi connectivity index (χ0) is 13.9. The minimum absolute atomic E-state index is 0.311. The van der Waals surface area contributed by atoms with E-state index in [4.69, 9.17) is 5.11 Å². The van der Waals surface area contributed by atoms with Crippen molar-refractivity contribution in [1.29, 1.82) is 0 Å². The summed E-state index contributed by atoms with van der Waals surface area (Å²) in [4.78, 5) is 28.2. The highest BCUT2D eigenvalue weighted by atomic mass is 16.4. The third-order valence-electron chi connectivity index (χ3n) is 2.60. The van der Waals surface area contributed by atoms with Gasteiger partial charge in [0.15, 0.2) is 0 Å². The molecule has 1 aromatic rings. The summed E-state index contributed by atoms with van der Waals surface area (Å²) >= 11 is 0. The molecule has 0 saturated carbocycles. The Bertz CT molecular complexity index is 453. The van der Waals surface area contributed by atoms with E-state index in [-0.39, 0.29) is 0 Å². The molecule has 18 heavy (non-hydrogen) atoms. The zero-order valence-corrected chi connectivity index (χ0v) is 11.0. The van der Waals surface area contributed by atoms with Crippen LogP contribution in [0.15, 0.2) is 12.4 Å². The Morgan fingerprint density at radius 2 is 2.17 bits per heavy atom. The second kappa shape index (κ2) is 5.07. The van der Waals surface area contributed by atoms with E-state index in [0.717, 1.165) is 5.82 Å². The average molecular weight is 254 g/mol. The molecule has 0 bridgehead atoms. The van der Waals surface area contributed by atoms with Gasteiger partial charge in [-0.2, -0.15) is 0 Å². The molecule has 0 aliphatic carbocycles. The number of hydrogen-bond acceptors (Lipinski definition) is 3. The van der Waals surface area contributed by atoms with Crippen molar-refractivity contribution in [1.82, 2.24) is 19.8 Å². The van der Waals surface area contributed by atoms with E-state index in [1.54, 1.807) is 24.0 Å². The number of aryl methyl sites for hydroxylation is 1. The van der Waals surface area contributed by atoms with Crippen molar-refractivity contribution in [2.45, 2.75) is 25.9 Å². The molecule has 0 atom stereocenters. The Morgan fingerprint density at radius 1 is 1.56 bits per heavy atom. The molecule has 0 unspecified atom stereocenters. The van der Waals surface area contributed by atoms with Crippen LogP contribution in [0.5, 0.6) is 0 Å². The van der Waals surface area contributed by atoms with Crippen molar-refractivity contribution < 1.29 is 14.7 Å². The fraction of sp³-hybridized carbons (Fsp3) is 0.545. The lowest BCUT2D eigenvalue weighted by molar-refractivity contribution is -0.143. The van der Waals surface area contributed by atoms with Gasteiger partial charge in [0.05, 0.1) is 6.54 Å². The van der Waals surface area contributed by atoms with Crippen LogP contribution >= 0.6 is 0 Å². The van der Waals surface area contributed by atoms with Gasteiger partial charge in [-0.15, -0.1) is 0 Å². The van der Waals surface area contributed by atoms with E-state index in [2.05, 4.69) is 10.3 Å². The van der Waals surface area contributed by atoms with Crippen LogP contribution in [0.4, 0.5) is 4.79 Å². The Morgan fingerprint density at radius 3 is 2.61 bits per heavy atom. The molecule has 0 aliphatic heterocycles. The van der Waals surface area contributed by atoms with Crippen LogP contribution in [0.1, 0.15) is 19.7 Å². The first-order valence-electron chi connectivity index (χ1n) is 5.47. The number of nitrogens with one attached hydrogen (secondary N) is 1. The number of nitrogens with zero attached hydrogens (tertiary/aromatic N) is 3. The van der Waals surface area contributed by atoms with Crippen molar-refractivity contribution in [2.75, 3.05) is 7.05 Å². The van der Waals surface area contributed by atoms with Crippen molar-refractivity contribution in [2.24, 2.45) is 7.05 Å². The van der Waals surface area contributed by atoms with Crippen LogP contribution < -0.4 is 5.32 Å². The largest absolute Gasteiger partial charge is 0.480 e. The number of carbonyl (C=O) groups is 2. The summed E-state index contributed by atoms with van der Waals surface area (Å²) in [5, 5.41) is 11.4. The topological polar surface area (TPSA) is 87.5 Å². The smallest absolute Gasteiger partial charge is 0.328 e. The summed E-state index contributed by atoms with van der Waals surface area (Å²) in [6.45, 7) is 3.18. The molecule has 0 aliphatic rings. The third-order valence-corrected chi connectivity index (χ3v) is 2.60. The normalized spacial score (nSPS) is 11.1. The molecule has 2 N–H and O–H groups in total. The van der Waals surface area contributed by atoms with E-state index in [1.165, 1.54) is 18.7 Å². The minimum atomic E-state index is -1.30. The van der Waals surface area contributed by atoms with Crippen LogP contribution in [0.25, 0.3) is 0 Å². The number of carboxylic acids is 1. The van der Waals surface area contributed by atoms with Crippen LogP contribution in [-0.2, 0) is 18.4 Å². The number of amides is 2. The van der Waals surface area contributed by atoms with Gasteiger partial charge in [0.2, 0.25) is 0 Å². The quantitative estimate of drug-likeness (QED) is 0.815. The van der Waals surface area contributed by atoms with Crippen LogP contribution in [0, 0.1) is 0 Å². The maximum absolute atomic E-state index is 11.8. The monoisotopic (exact) mass is 254 g/mol. The van der Waals surface area contributed by atoms with Crippen LogP contribution in [0.3, 0.4) is 0 Å². The summed E-state index contributed by atoms with van der Waals surface area (Å²) < 4.78 is 1.80. The minimum Gasteiger partial charge on any atom is -0.480 e. The van der Waals surface area contributed by atoms with Crippen molar-refractivity contribution in [3.05, 3.63) is 18.2 Å². The SMILES string of the molecule is CN(Cc1nccn1C)C(=O)NC(C)(C)C(=O)O. The number of aromatic nitrogens is 2. The van der Waals surface area contributed by atoms with Crippen LogP contribution in [-0.4, -0.2) is 44.1 Å². The van der Waals surface area contributed by atoms with Gasteiger partial charge in [-0.1, -0.05) is 0 Å². The molecule has 0 radical (unpaired) electrons. The molecule has 0 aromatic carbocycles. The molecule has 0 fully saturated rings. The molecule has 7 heteroatoms. The number of imidazole rings is 1. The summed E-state index contributed by atoms with van der Waals surface area (Å²) in [6, 6.07) is -0.453. The van der Waals surface area contributed by atoms with Crippen molar-refractivity contribution in [3.8, 4) is 0 Å². The maximum Gasteiger partial charge on any atom is 0.328 e. The number of rotatable bonds is 4. The van der Waals surface area contributed by atoms with E-state index >= 15 is 0 Å². The summed E-state index contributed by atoms with van der Waals surface area (Å²) in [7, 11) is 3.41. The average Bonchev–Trinajstić information content (AvgIpc) is 2.63. The van der Waals surface area contributed by atoms with Crippen molar-refractivity contribution in [3.63, 3.8) is 0 Å². The standard InChI is InChI=1S/C11H18N4O3/c1-11(2,9(16)17)13-10(18)15(4)7-8-12-5-6-14(8)3/h5-6H,7H2,1-4H3,(H,13,18)(H,16,17). The lowest BCUT2D eigenvalue weighted by atomic mass is 10.1. The van der Waals surface area contributed by atoms with Crippen molar-refractivity contribution >= 4 is 12.0 Å². The third kappa shape index (κ3) is 3.22. The first-order valence-corrected chi connectivity index (χ1v) is 5.47. The first-order chi connectivity index (χ1) is 8.24. The van der Waals surface area contributed by atoms with Gasteiger partial charge >= 0.3 is 12.0 Å². The molecule has 0 saturated heterocycles. The second-order valence-electron chi connectivity index (χ2n) is 4.67. The Kier molecular flexibility index (Phi) is 3.95. The fourth-order valence-corrected chi connectivity index (χ4v) is 1.25. The van der Waals surface area contributed by atoms with Gasteiger partial charge in [-0.05, 0) is 13.8 Å². The van der Waals surface area contributed by atoms with Gasteiger partial charge in [0.1, 0.15) is 11.4 Å². The molecule has 2 amide bonds. The van der Waals surface area contributed by atoms with Crippen LogP contribution in [0.2, 0.25) is 0 Å². The number of aliphatic carboxylic acids is 1. The summed E-state index contributed by atoms with van der Waals surface area (Å²) in [5.74, 6) is -0.359. The highest BCUT2D eigenvalue weighted by molar-refractivity contribution is 5.85. The van der Waals surface area contributed by atoms with Gasteiger partial charge in [0, 0.05) is 26.5 Å². The highest BCUT2D eigenvalue weighted by Gasteiger charge is 2.30. The maximum atomic E-state index is 11.8. The van der Waals surface area contributed by atoms with Gasteiger partial charge in [-0.3, -0.25) is 0 Å². The summed E-state index contributed by atoms with van der Waals surface area (Å²) in [5.41, 5.74) is -1.30. The zero-order valence-electron chi connectivity index (χ0n) is 11.0. The Labute approximate surface area is 105 Å². The second-order valence-corrected chi connectivity index (χ2v) is 4.67. The van der Waals surface area contributed by atoms with E-state index in [9.17, 15) is 9.59 Å². The van der Waals surface area contributed by atoms with E-state index < -0.39 is 17.5 Å². The number of carboxylic acid groups (broad SMARTS) is 1. The first kappa shape index (κ1) is 14.0. The molecule has 1 aromatic heterocycles. The number of urea groups is 1. The fourth-order valence-electron chi connectivity index (χ4n) is 1.25. The molecule has 100 valence electrons. The molecular weight excluding hydrogens is 236 g/mol. The highest BCUT2D eigenvalue weighted by Crippen LogP contribution is 2.05. The molecule has 1 heterocycles. The molecule has 7 nitrogen and oxygen atoms in total. The van der Waals surface area contributed by atoms with Gasteiger partial charge < -0.3 is 19.9 Å². The number of carbonyl (C=O) groups excluding carboxylic acids is 1. The lowest BCUT2D eigenvalue weighted by Crippen LogP contribution is -2.53.